The van der Waals surface area contributed by atoms with Crippen molar-refractivity contribution in [3.63, 3.8) is 0 Å². The van der Waals surface area contributed by atoms with Gasteiger partial charge in [-0.2, -0.15) is 0 Å². The molecular formula is C27H27FN4OS. The van der Waals surface area contributed by atoms with Gasteiger partial charge in [0.05, 0.1) is 16.8 Å². The molecule has 5 nitrogen and oxygen atoms in total. The average Bonchev–Trinajstić information content (AvgIpc) is 2.85. The van der Waals surface area contributed by atoms with Gasteiger partial charge in [-0.3, -0.25) is 9.78 Å². The average molecular weight is 475 g/mol. The molecule has 2 aromatic heterocycles. The Labute approximate surface area is 201 Å². The van der Waals surface area contributed by atoms with Crippen molar-refractivity contribution in [1.82, 2.24) is 9.97 Å². The van der Waals surface area contributed by atoms with Gasteiger partial charge in [-0.05, 0) is 67.9 Å². The summed E-state index contributed by atoms with van der Waals surface area (Å²) in [5.74, 6) is 3.97. The monoisotopic (exact) mass is 474 g/mol. The van der Waals surface area contributed by atoms with Crippen LogP contribution in [-0.2, 0) is 0 Å². The minimum absolute atomic E-state index is 0.00120. The van der Waals surface area contributed by atoms with E-state index in [9.17, 15) is 9.18 Å². The molecule has 174 valence electrons. The topological polar surface area (TPSA) is 58.1 Å². The van der Waals surface area contributed by atoms with E-state index in [2.05, 4.69) is 23.1 Å². The van der Waals surface area contributed by atoms with Crippen LogP contribution in [0.5, 0.6) is 0 Å². The molecule has 7 heteroatoms. The van der Waals surface area contributed by atoms with Gasteiger partial charge in [0, 0.05) is 47.0 Å². The number of hydrogen-bond donors (Lipinski definition) is 1. The van der Waals surface area contributed by atoms with Crippen LogP contribution in [0, 0.1) is 12.7 Å². The van der Waals surface area contributed by atoms with Crippen LogP contribution in [0.25, 0.3) is 22.2 Å². The number of nitrogens with one attached hydrogen (secondary N) is 1. The fourth-order valence-electron chi connectivity index (χ4n) is 3.80. The van der Waals surface area contributed by atoms with E-state index in [4.69, 9.17) is 4.98 Å². The molecule has 0 bridgehead atoms. The lowest BCUT2D eigenvalue weighted by Gasteiger charge is -2.25. The van der Waals surface area contributed by atoms with Gasteiger partial charge < -0.3 is 9.62 Å². The van der Waals surface area contributed by atoms with E-state index in [-0.39, 0.29) is 16.2 Å². The quantitative estimate of drug-likeness (QED) is 0.312. The highest BCUT2D eigenvalue weighted by Gasteiger charge is 2.16. The van der Waals surface area contributed by atoms with Crippen LogP contribution in [0.4, 0.5) is 15.8 Å². The van der Waals surface area contributed by atoms with E-state index in [0.29, 0.717) is 5.69 Å². The fraction of sp³-hybridized carbons (Fsp3) is 0.185. The Kier molecular flexibility index (Phi) is 7.03. The molecule has 1 unspecified atom stereocenters. The molecule has 0 saturated carbocycles. The number of aromatic nitrogens is 2. The maximum Gasteiger partial charge on any atom is 0.258 e. The van der Waals surface area contributed by atoms with Crippen molar-refractivity contribution in [2.45, 2.75) is 20.8 Å². The first-order chi connectivity index (χ1) is 16.4. The van der Waals surface area contributed by atoms with Gasteiger partial charge >= 0.3 is 0 Å². The Balaban J connectivity index is 1.59. The van der Waals surface area contributed by atoms with Gasteiger partial charge in [0.15, 0.2) is 0 Å². The maximum atomic E-state index is 14.9. The molecule has 0 fully saturated rings. The van der Waals surface area contributed by atoms with Crippen LogP contribution in [0.2, 0.25) is 0 Å². The van der Waals surface area contributed by atoms with Crippen molar-refractivity contribution in [3.8, 4) is 11.3 Å². The number of anilines is 2. The van der Waals surface area contributed by atoms with Gasteiger partial charge in [0.1, 0.15) is 5.82 Å². The molecule has 0 aliphatic heterocycles. The zero-order chi connectivity index (χ0) is 24.2. The second-order valence-electron chi connectivity index (χ2n) is 7.86. The lowest BCUT2D eigenvalue weighted by Crippen LogP contribution is -2.18. The first-order valence-corrected chi connectivity index (χ1v) is 12.6. The number of hydrogen-bond acceptors (Lipinski definition) is 4. The van der Waals surface area contributed by atoms with Crippen molar-refractivity contribution >= 4 is 44.7 Å². The lowest BCUT2D eigenvalue weighted by atomic mass is 10.0. The van der Waals surface area contributed by atoms with Crippen molar-refractivity contribution in [2.24, 2.45) is 0 Å². The van der Waals surface area contributed by atoms with E-state index < -0.39 is 11.7 Å². The highest BCUT2D eigenvalue weighted by molar-refractivity contribution is 8.15. The van der Waals surface area contributed by atoms with Crippen LogP contribution < -0.4 is 9.62 Å². The van der Waals surface area contributed by atoms with Crippen LogP contribution >= 0.6 is 10.7 Å². The SMILES string of the molecule is C=S(CC)N(CC)c1ccc(C(=O)Nc2ccc(C)c(-c3ccc4cnccc4n3)c2)c(F)c1. The third kappa shape index (κ3) is 4.84. The minimum Gasteiger partial charge on any atom is -0.323 e. The summed E-state index contributed by atoms with van der Waals surface area (Å²) in [6.07, 6.45) is 3.48. The number of aryl methyl sites for hydroxylation is 1. The number of carbonyl (C=O) groups excluding carboxylic acids is 1. The van der Waals surface area contributed by atoms with Crippen LogP contribution in [0.1, 0.15) is 29.8 Å². The van der Waals surface area contributed by atoms with Gasteiger partial charge in [-0.15, -0.1) is 10.7 Å². The first-order valence-electron chi connectivity index (χ1n) is 11.1. The predicted molar refractivity (Wildman–Crippen MR) is 142 cm³/mol. The highest BCUT2D eigenvalue weighted by Crippen LogP contribution is 2.29. The van der Waals surface area contributed by atoms with Crippen LogP contribution in [0.3, 0.4) is 0 Å². The van der Waals surface area contributed by atoms with E-state index in [1.54, 1.807) is 18.5 Å². The molecule has 0 spiro atoms. The highest BCUT2D eigenvalue weighted by atomic mass is 32.2. The largest absolute Gasteiger partial charge is 0.323 e. The Morgan fingerprint density at radius 2 is 1.94 bits per heavy atom. The second kappa shape index (κ2) is 10.1. The maximum absolute atomic E-state index is 14.9. The number of rotatable bonds is 7. The third-order valence-corrected chi connectivity index (χ3v) is 7.44. The lowest BCUT2D eigenvalue weighted by molar-refractivity contribution is 0.102. The smallest absolute Gasteiger partial charge is 0.258 e. The number of fused-ring (bicyclic) bond motifs is 1. The Hall–Kier alpha value is -3.58. The van der Waals surface area contributed by atoms with E-state index in [1.165, 1.54) is 12.1 Å². The molecule has 34 heavy (non-hydrogen) atoms. The molecule has 2 heterocycles. The van der Waals surface area contributed by atoms with Gasteiger partial charge in [-0.1, -0.05) is 18.9 Å². The van der Waals surface area contributed by atoms with Gasteiger partial charge in [0.2, 0.25) is 0 Å². The number of nitrogens with zero attached hydrogens (tertiary/aromatic N) is 3. The number of pyridine rings is 2. The zero-order valence-corrected chi connectivity index (χ0v) is 20.3. The van der Waals surface area contributed by atoms with Gasteiger partial charge in [-0.25, -0.2) is 9.37 Å². The van der Waals surface area contributed by atoms with Gasteiger partial charge in [0.25, 0.3) is 5.91 Å². The predicted octanol–water partition coefficient (Wildman–Crippen LogP) is 6.46. The Morgan fingerprint density at radius 3 is 2.68 bits per heavy atom. The molecule has 1 N–H and O–H groups in total. The molecule has 0 aliphatic carbocycles. The number of amides is 1. The van der Waals surface area contributed by atoms with Crippen LogP contribution in [0.15, 0.2) is 67.0 Å². The summed E-state index contributed by atoms with van der Waals surface area (Å²) in [7, 11) is -0.248. The Bertz CT molecular complexity index is 1390. The summed E-state index contributed by atoms with van der Waals surface area (Å²) >= 11 is 0. The summed E-state index contributed by atoms with van der Waals surface area (Å²) in [5, 5.41) is 3.79. The summed E-state index contributed by atoms with van der Waals surface area (Å²) in [4.78, 5) is 21.7. The number of carbonyl (C=O) groups is 1. The van der Waals surface area contributed by atoms with Crippen molar-refractivity contribution in [1.29, 1.82) is 0 Å². The molecule has 4 rings (SSSR count). The molecule has 1 atom stereocenters. The first kappa shape index (κ1) is 23.6. The zero-order valence-electron chi connectivity index (χ0n) is 19.5. The fourth-order valence-corrected chi connectivity index (χ4v) is 4.89. The summed E-state index contributed by atoms with van der Waals surface area (Å²) in [6, 6.07) is 16.1. The standard InChI is InChI=1S/C27H27FN4OS/c1-5-32(34(4)6-2)21-10-11-22(24(28)16-21)27(33)30-20-9-7-18(3)23(15-20)26-12-8-19-17-29-14-13-25(19)31-26/h7-17H,4-6H2,1-3H3,(H,30,33). The normalized spacial score (nSPS) is 11.9. The molecule has 0 saturated heterocycles. The summed E-state index contributed by atoms with van der Waals surface area (Å²) < 4.78 is 16.9. The number of halogens is 1. The molecular weight excluding hydrogens is 447 g/mol. The van der Waals surface area contributed by atoms with Crippen molar-refractivity contribution in [2.75, 3.05) is 21.9 Å². The minimum atomic E-state index is -0.557. The van der Waals surface area contributed by atoms with E-state index in [0.717, 1.165) is 45.7 Å². The third-order valence-electron chi connectivity index (χ3n) is 5.68. The molecule has 2 aromatic carbocycles. The molecule has 1 amide bonds. The van der Waals surface area contributed by atoms with Crippen LogP contribution in [-0.4, -0.2) is 34.0 Å². The number of benzene rings is 2. The summed E-state index contributed by atoms with van der Waals surface area (Å²) in [5.41, 5.74) is 4.86. The molecule has 4 aromatic rings. The van der Waals surface area contributed by atoms with Crippen molar-refractivity contribution < 1.29 is 9.18 Å². The van der Waals surface area contributed by atoms with E-state index >= 15 is 0 Å². The molecule has 0 aliphatic rings. The summed E-state index contributed by atoms with van der Waals surface area (Å²) in [6.45, 7) is 6.77. The van der Waals surface area contributed by atoms with E-state index in [1.807, 2.05) is 54.6 Å². The Morgan fingerprint density at radius 1 is 1.12 bits per heavy atom. The molecule has 0 radical (unpaired) electrons. The second-order valence-corrected chi connectivity index (χ2v) is 9.80. The van der Waals surface area contributed by atoms with Crippen molar-refractivity contribution in [3.05, 3.63) is 83.9 Å².